The predicted molar refractivity (Wildman–Crippen MR) is 82.9 cm³/mol. The van der Waals surface area contributed by atoms with E-state index in [-0.39, 0.29) is 0 Å². The van der Waals surface area contributed by atoms with Gasteiger partial charge in [-0.05, 0) is 24.2 Å². The third kappa shape index (κ3) is 3.89. The van der Waals surface area contributed by atoms with Crippen LogP contribution in [0.1, 0.15) is 18.3 Å². The van der Waals surface area contributed by atoms with Gasteiger partial charge < -0.3 is 19.4 Å². The van der Waals surface area contributed by atoms with Gasteiger partial charge in [-0.1, -0.05) is 24.6 Å². The Morgan fingerprint density at radius 1 is 1.33 bits per heavy atom. The fourth-order valence-corrected chi connectivity index (χ4v) is 2.06. The summed E-state index contributed by atoms with van der Waals surface area (Å²) in [7, 11) is 3.48. The number of ether oxygens (including phenoxy) is 2. The number of imidazole rings is 1. The summed E-state index contributed by atoms with van der Waals surface area (Å²) in [5, 5.41) is 3.87. The smallest absolute Gasteiger partial charge is 0.162 e. The summed E-state index contributed by atoms with van der Waals surface area (Å²) >= 11 is 5.96. The summed E-state index contributed by atoms with van der Waals surface area (Å²) < 4.78 is 13.0. The first-order chi connectivity index (χ1) is 10.2. The second-order valence-electron chi connectivity index (χ2n) is 4.61. The lowest BCUT2D eigenvalue weighted by atomic mass is 10.2. The van der Waals surface area contributed by atoms with Gasteiger partial charge in [-0.2, -0.15) is 0 Å². The highest BCUT2D eigenvalue weighted by Crippen LogP contribution is 2.29. The minimum Gasteiger partial charge on any atom is -0.493 e. The Bertz CT molecular complexity index is 599. The van der Waals surface area contributed by atoms with E-state index in [1.54, 1.807) is 17.9 Å². The number of halogens is 1. The van der Waals surface area contributed by atoms with E-state index < -0.39 is 0 Å². The van der Waals surface area contributed by atoms with Gasteiger partial charge in [0, 0.05) is 13.6 Å². The van der Waals surface area contributed by atoms with Crippen LogP contribution >= 0.6 is 11.6 Å². The van der Waals surface area contributed by atoms with Crippen LogP contribution < -0.4 is 14.8 Å². The zero-order chi connectivity index (χ0) is 15.2. The summed E-state index contributed by atoms with van der Waals surface area (Å²) in [4.78, 5) is 4.21. The number of hydrogen-bond acceptors (Lipinski definition) is 4. The zero-order valence-electron chi connectivity index (χ0n) is 12.5. The quantitative estimate of drug-likeness (QED) is 0.854. The maximum atomic E-state index is 5.96. The van der Waals surface area contributed by atoms with E-state index in [0.717, 1.165) is 24.5 Å². The monoisotopic (exact) mass is 309 g/mol. The molecule has 0 unspecified atom stereocenters. The number of rotatable bonds is 7. The third-order valence-electron chi connectivity index (χ3n) is 3.19. The van der Waals surface area contributed by atoms with Crippen molar-refractivity contribution in [3.05, 3.63) is 40.9 Å². The molecule has 1 N–H and O–H groups in total. The second kappa shape index (κ2) is 7.33. The lowest BCUT2D eigenvalue weighted by Gasteiger charge is -2.12. The fraction of sp³-hybridized carbons (Fsp3) is 0.400. The maximum Gasteiger partial charge on any atom is 0.162 e. The first-order valence-electron chi connectivity index (χ1n) is 6.82. The summed E-state index contributed by atoms with van der Waals surface area (Å²) in [6.07, 6.45) is 1.61. The first-order valence-corrected chi connectivity index (χ1v) is 7.20. The molecule has 0 atom stereocenters. The van der Waals surface area contributed by atoms with Crippen LogP contribution in [0.5, 0.6) is 11.5 Å². The third-order valence-corrected chi connectivity index (χ3v) is 3.54. The van der Waals surface area contributed by atoms with Crippen LogP contribution in [0.3, 0.4) is 0 Å². The van der Waals surface area contributed by atoms with Crippen LogP contribution in [-0.4, -0.2) is 23.2 Å². The Labute approximate surface area is 129 Å². The minimum absolute atomic E-state index is 0.338. The van der Waals surface area contributed by atoms with E-state index >= 15 is 0 Å². The van der Waals surface area contributed by atoms with Gasteiger partial charge in [0.2, 0.25) is 0 Å². The molecule has 1 aromatic heterocycles. The van der Waals surface area contributed by atoms with Crippen LogP contribution in [0.4, 0.5) is 0 Å². The highest BCUT2D eigenvalue weighted by atomic mass is 35.5. The Hall–Kier alpha value is -1.72. The number of aromatic nitrogens is 2. The van der Waals surface area contributed by atoms with Gasteiger partial charge in [-0.25, -0.2) is 4.98 Å². The highest BCUT2D eigenvalue weighted by Gasteiger charge is 2.09. The van der Waals surface area contributed by atoms with Crippen molar-refractivity contribution in [2.24, 2.45) is 7.05 Å². The summed E-state index contributed by atoms with van der Waals surface area (Å²) in [6, 6.07) is 5.91. The molecule has 21 heavy (non-hydrogen) atoms. The SMILES string of the molecule is CCNCc1ccc(OC)c(OCc2ncc(Cl)n2C)c1. The van der Waals surface area contributed by atoms with Gasteiger partial charge >= 0.3 is 0 Å². The molecule has 0 saturated heterocycles. The zero-order valence-corrected chi connectivity index (χ0v) is 13.3. The van der Waals surface area contributed by atoms with Crippen LogP contribution in [0.2, 0.25) is 5.15 Å². The number of methoxy groups -OCH3 is 1. The molecule has 5 nitrogen and oxygen atoms in total. The molecule has 2 rings (SSSR count). The Kier molecular flexibility index (Phi) is 5.47. The van der Waals surface area contributed by atoms with Gasteiger partial charge in [0.15, 0.2) is 11.5 Å². The van der Waals surface area contributed by atoms with Crippen LogP contribution in [-0.2, 0) is 20.2 Å². The molecule has 1 heterocycles. The summed E-state index contributed by atoms with van der Waals surface area (Å²) in [6.45, 7) is 4.13. The van der Waals surface area contributed by atoms with E-state index in [2.05, 4.69) is 17.2 Å². The average Bonchev–Trinajstić information content (AvgIpc) is 2.82. The number of nitrogens with one attached hydrogen (secondary N) is 1. The van der Waals surface area contributed by atoms with Gasteiger partial charge in [0.25, 0.3) is 0 Å². The molecule has 0 aliphatic carbocycles. The van der Waals surface area contributed by atoms with Crippen LogP contribution in [0, 0.1) is 0 Å². The molecule has 0 bridgehead atoms. The summed E-state index contributed by atoms with van der Waals surface area (Å²) in [5.41, 5.74) is 1.14. The normalized spacial score (nSPS) is 10.7. The van der Waals surface area contributed by atoms with Crippen molar-refractivity contribution in [3.63, 3.8) is 0 Å². The molecule has 2 aromatic rings. The molecular formula is C15H20ClN3O2. The molecule has 0 saturated carbocycles. The fourth-order valence-electron chi connectivity index (χ4n) is 1.91. The van der Waals surface area contributed by atoms with Crippen molar-refractivity contribution in [1.29, 1.82) is 0 Å². The largest absolute Gasteiger partial charge is 0.493 e. The van der Waals surface area contributed by atoms with Crippen molar-refractivity contribution in [2.75, 3.05) is 13.7 Å². The molecule has 0 fully saturated rings. The number of nitrogens with zero attached hydrogens (tertiary/aromatic N) is 2. The van der Waals surface area contributed by atoms with Gasteiger partial charge in [0.05, 0.1) is 13.3 Å². The van der Waals surface area contributed by atoms with Gasteiger partial charge in [0.1, 0.15) is 17.6 Å². The molecule has 0 aliphatic rings. The van der Waals surface area contributed by atoms with Crippen molar-refractivity contribution >= 4 is 11.6 Å². The summed E-state index contributed by atoms with van der Waals surface area (Å²) in [5.74, 6) is 2.17. The predicted octanol–water partition coefficient (Wildman–Crippen LogP) is 2.77. The van der Waals surface area contributed by atoms with E-state index in [4.69, 9.17) is 21.1 Å². The molecular weight excluding hydrogens is 290 g/mol. The molecule has 0 radical (unpaired) electrons. The van der Waals surface area contributed by atoms with E-state index in [9.17, 15) is 0 Å². The van der Waals surface area contributed by atoms with Crippen molar-refractivity contribution in [3.8, 4) is 11.5 Å². The standard InChI is InChI=1S/C15H20ClN3O2/c1-4-17-8-11-5-6-12(20-3)13(7-11)21-10-15-18-9-14(16)19(15)2/h5-7,9,17H,4,8,10H2,1-3H3. The molecule has 0 spiro atoms. The van der Waals surface area contributed by atoms with Gasteiger partial charge in [-0.15, -0.1) is 0 Å². The van der Waals surface area contributed by atoms with E-state index in [1.165, 1.54) is 0 Å². The van der Waals surface area contributed by atoms with Gasteiger partial charge in [-0.3, -0.25) is 0 Å². The average molecular weight is 310 g/mol. The second-order valence-corrected chi connectivity index (χ2v) is 5.00. The highest BCUT2D eigenvalue weighted by molar-refractivity contribution is 6.29. The Balaban J connectivity index is 2.11. The van der Waals surface area contributed by atoms with Crippen molar-refractivity contribution in [1.82, 2.24) is 14.9 Å². The molecule has 114 valence electrons. The topological polar surface area (TPSA) is 48.3 Å². The minimum atomic E-state index is 0.338. The number of hydrogen-bond donors (Lipinski definition) is 1. The lowest BCUT2D eigenvalue weighted by molar-refractivity contribution is 0.273. The van der Waals surface area contributed by atoms with E-state index in [1.807, 2.05) is 25.2 Å². The molecule has 1 aromatic carbocycles. The Morgan fingerprint density at radius 2 is 2.14 bits per heavy atom. The van der Waals surface area contributed by atoms with Crippen LogP contribution in [0.25, 0.3) is 0 Å². The number of benzene rings is 1. The van der Waals surface area contributed by atoms with Crippen LogP contribution in [0.15, 0.2) is 24.4 Å². The molecule has 6 heteroatoms. The Morgan fingerprint density at radius 3 is 2.76 bits per heavy atom. The van der Waals surface area contributed by atoms with Crippen molar-refractivity contribution < 1.29 is 9.47 Å². The lowest BCUT2D eigenvalue weighted by Crippen LogP contribution is -2.12. The maximum absolute atomic E-state index is 5.96. The molecule has 0 aliphatic heterocycles. The van der Waals surface area contributed by atoms with Crippen molar-refractivity contribution in [2.45, 2.75) is 20.1 Å². The molecule has 0 amide bonds. The van der Waals surface area contributed by atoms with E-state index in [0.29, 0.717) is 23.3 Å². The first kappa shape index (κ1) is 15.7.